The number of rotatable bonds is 5. The van der Waals surface area contributed by atoms with Crippen LogP contribution in [0.2, 0.25) is 0 Å². The van der Waals surface area contributed by atoms with Crippen molar-refractivity contribution in [3.63, 3.8) is 0 Å². The van der Waals surface area contributed by atoms with E-state index in [1.807, 2.05) is 12.2 Å². The molecule has 0 spiro atoms. The van der Waals surface area contributed by atoms with Crippen molar-refractivity contribution >= 4 is 11.8 Å². The van der Waals surface area contributed by atoms with Gasteiger partial charge in [-0.15, -0.1) is 0 Å². The van der Waals surface area contributed by atoms with Gasteiger partial charge >= 0.3 is 0 Å². The predicted octanol–water partition coefficient (Wildman–Crippen LogP) is 1.23. The fourth-order valence-electron chi connectivity index (χ4n) is 3.59. The highest BCUT2D eigenvalue weighted by atomic mass is 16.5. The molecule has 4 rings (SSSR count). The summed E-state index contributed by atoms with van der Waals surface area (Å²) in [5, 5.41) is 0. The molecule has 152 valence electrons. The molecule has 1 aromatic carbocycles. The minimum Gasteiger partial charge on any atom is -0.496 e. The van der Waals surface area contributed by atoms with Crippen LogP contribution in [0.5, 0.6) is 17.2 Å². The molecule has 2 atom stereocenters. The highest BCUT2D eigenvalue weighted by Gasteiger charge is 2.44. The maximum Gasteiger partial charge on any atom is 0.248 e. The van der Waals surface area contributed by atoms with Gasteiger partial charge in [-0.2, -0.15) is 0 Å². The lowest BCUT2D eigenvalue weighted by molar-refractivity contribution is -0.163. The number of amides is 2. The van der Waals surface area contributed by atoms with Crippen LogP contribution in [0.1, 0.15) is 12.0 Å². The van der Waals surface area contributed by atoms with Gasteiger partial charge in [-0.1, -0.05) is 12.2 Å². The van der Waals surface area contributed by atoms with E-state index in [1.165, 1.54) is 4.90 Å². The van der Waals surface area contributed by atoms with Gasteiger partial charge in [-0.05, 0) is 6.42 Å². The Bertz CT molecular complexity index is 753. The van der Waals surface area contributed by atoms with Gasteiger partial charge in [-0.3, -0.25) is 9.59 Å². The zero-order valence-electron chi connectivity index (χ0n) is 16.6. The van der Waals surface area contributed by atoms with Crippen molar-refractivity contribution in [3.05, 3.63) is 29.8 Å². The molecule has 0 aromatic heterocycles. The maximum absolute atomic E-state index is 13.2. The first kappa shape index (κ1) is 20.0. The molecule has 2 bridgehead atoms. The monoisotopic (exact) mass is 390 g/mol. The standard InChI is InChI=1S/C20H26N2O6/c1-21-15-7-5-6-8-28-12-16(19(21)23)22(20(15)24)11-14-17(26-3)9-13(25-2)10-18(14)27-4/h5-6,9-10,15-16H,7-8,11-12H2,1-4H3/b6-5-/t15-,16-/m0/s1. The minimum atomic E-state index is -0.697. The number of ether oxygens (including phenoxy) is 4. The fourth-order valence-corrected chi connectivity index (χ4v) is 3.59. The molecule has 0 radical (unpaired) electrons. The summed E-state index contributed by atoms with van der Waals surface area (Å²) < 4.78 is 21.9. The Morgan fingerprint density at radius 1 is 1.00 bits per heavy atom. The van der Waals surface area contributed by atoms with E-state index in [-0.39, 0.29) is 25.0 Å². The Morgan fingerprint density at radius 2 is 1.68 bits per heavy atom. The number of benzene rings is 1. The molecule has 0 unspecified atom stereocenters. The van der Waals surface area contributed by atoms with Crippen molar-refractivity contribution < 1.29 is 28.5 Å². The molecule has 8 nitrogen and oxygen atoms in total. The van der Waals surface area contributed by atoms with E-state index in [9.17, 15) is 9.59 Å². The normalized spacial score (nSPS) is 23.6. The average molecular weight is 390 g/mol. The second kappa shape index (κ2) is 8.52. The van der Waals surface area contributed by atoms with Gasteiger partial charge in [-0.25, -0.2) is 0 Å². The molecular weight excluding hydrogens is 364 g/mol. The molecule has 0 N–H and O–H groups in total. The summed E-state index contributed by atoms with van der Waals surface area (Å²) in [7, 11) is 6.31. The van der Waals surface area contributed by atoms with E-state index in [0.717, 1.165) is 0 Å². The molecule has 0 saturated carbocycles. The Hall–Kier alpha value is -2.74. The van der Waals surface area contributed by atoms with Gasteiger partial charge in [0.1, 0.15) is 29.3 Å². The molecule has 0 aliphatic carbocycles. The number of piperazine rings is 1. The van der Waals surface area contributed by atoms with Crippen molar-refractivity contribution in [1.29, 1.82) is 0 Å². The third-order valence-electron chi connectivity index (χ3n) is 5.21. The van der Waals surface area contributed by atoms with Gasteiger partial charge < -0.3 is 28.7 Å². The van der Waals surface area contributed by atoms with Crippen LogP contribution in [0.25, 0.3) is 0 Å². The summed E-state index contributed by atoms with van der Waals surface area (Å²) >= 11 is 0. The minimum absolute atomic E-state index is 0.123. The van der Waals surface area contributed by atoms with E-state index in [0.29, 0.717) is 35.8 Å². The maximum atomic E-state index is 13.2. The van der Waals surface area contributed by atoms with E-state index in [4.69, 9.17) is 18.9 Å². The number of carbonyl (C=O) groups is 2. The number of hydrogen-bond donors (Lipinski definition) is 0. The van der Waals surface area contributed by atoms with E-state index in [2.05, 4.69) is 0 Å². The third kappa shape index (κ3) is 3.64. The van der Waals surface area contributed by atoms with Crippen molar-refractivity contribution in [2.24, 2.45) is 0 Å². The molecular formula is C20H26N2O6. The van der Waals surface area contributed by atoms with Crippen molar-refractivity contribution in [2.75, 3.05) is 41.6 Å². The Labute approximate surface area is 164 Å². The quantitative estimate of drug-likeness (QED) is 0.704. The van der Waals surface area contributed by atoms with Gasteiger partial charge in [0.2, 0.25) is 11.8 Å². The first-order valence-electron chi connectivity index (χ1n) is 9.10. The topological polar surface area (TPSA) is 77.5 Å². The molecule has 3 aliphatic rings. The number of likely N-dealkylation sites (N-methyl/N-ethyl adjacent to an activating group) is 1. The third-order valence-corrected chi connectivity index (χ3v) is 5.21. The molecule has 8 heteroatoms. The van der Waals surface area contributed by atoms with E-state index >= 15 is 0 Å². The van der Waals surface area contributed by atoms with Crippen LogP contribution in [0.3, 0.4) is 0 Å². The number of carbonyl (C=O) groups excluding carboxylic acids is 2. The zero-order valence-corrected chi connectivity index (χ0v) is 16.6. The van der Waals surface area contributed by atoms with Crippen molar-refractivity contribution in [2.45, 2.75) is 25.0 Å². The molecule has 3 aliphatic heterocycles. The molecule has 2 amide bonds. The van der Waals surface area contributed by atoms with Crippen LogP contribution in [-0.4, -0.2) is 75.3 Å². The molecule has 28 heavy (non-hydrogen) atoms. The van der Waals surface area contributed by atoms with Crippen LogP contribution in [0.4, 0.5) is 0 Å². The SMILES string of the molecule is COc1cc(OC)c(CN2C(=O)[C@@H]3C/C=C\COC[C@H]2C(=O)N3C)c(OC)c1. The van der Waals surface area contributed by atoms with Crippen LogP contribution in [0.15, 0.2) is 24.3 Å². The lowest BCUT2D eigenvalue weighted by Crippen LogP contribution is -2.64. The highest BCUT2D eigenvalue weighted by molar-refractivity contribution is 5.97. The van der Waals surface area contributed by atoms with Crippen LogP contribution >= 0.6 is 0 Å². The first-order chi connectivity index (χ1) is 13.5. The van der Waals surface area contributed by atoms with Gasteiger partial charge in [0.05, 0.1) is 46.7 Å². The lowest BCUT2D eigenvalue weighted by atomic mass is 10.0. The number of hydrogen-bond acceptors (Lipinski definition) is 6. The van der Waals surface area contributed by atoms with Gasteiger partial charge in [0.15, 0.2) is 0 Å². The summed E-state index contributed by atoms with van der Waals surface area (Å²) in [6.07, 6.45) is 4.21. The molecule has 1 fully saturated rings. The summed E-state index contributed by atoms with van der Waals surface area (Å²) in [4.78, 5) is 29.3. The van der Waals surface area contributed by atoms with Crippen molar-refractivity contribution in [3.8, 4) is 17.2 Å². The average Bonchev–Trinajstić information content (AvgIpc) is 2.72. The van der Waals surface area contributed by atoms with Crippen molar-refractivity contribution in [1.82, 2.24) is 9.80 Å². The second-order valence-electron chi connectivity index (χ2n) is 6.70. The first-order valence-corrected chi connectivity index (χ1v) is 9.10. The highest BCUT2D eigenvalue weighted by Crippen LogP contribution is 2.36. The summed E-state index contributed by atoms with van der Waals surface area (Å²) in [5.74, 6) is 1.38. The Kier molecular flexibility index (Phi) is 6.08. The molecule has 1 aromatic rings. The number of fused-ring (bicyclic) bond motifs is 6. The number of nitrogens with zero attached hydrogens (tertiary/aromatic N) is 2. The lowest BCUT2D eigenvalue weighted by Gasteiger charge is -2.43. The predicted molar refractivity (Wildman–Crippen MR) is 102 cm³/mol. The van der Waals surface area contributed by atoms with Gasteiger partial charge in [0, 0.05) is 19.2 Å². The van der Waals surface area contributed by atoms with E-state index < -0.39 is 12.1 Å². The zero-order chi connectivity index (χ0) is 20.3. The van der Waals surface area contributed by atoms with Crippen LogP contribution in [0, 0.1) is 0 Å². The van der Waals surface area contributed by atoms with E-state index in [1.54, 1.807) is 45.4 Å². The number of methoxy groups -OCH3 is 3. The fraction of sp³-hybridized carbons (Fsp3) is 0.500. The summed E-state index contributed by atoms with van der Waals surface area (Å²) in [6, 6.07) is 2.23. The largest absolute Gasteiger partial charge is 0.496 e. The Balaban J connectivity index is 2.02. The smallest absolute Gasteiger partial charge is 0.248 e. The van der Waals surface area contributed by atoms with Crippen LogP contribution < -0.4 is 14.2 Å². The second-order valence-corrected chi connectivity index (χ2v) is 6.70. The Morgan fingerprint density at radius 3 is 2.29 bits per heavy atom. The van der Waals surface area contributed by atoms with Crippen LogP contribution in [-0.2, 0) is 20.9 Å². The van der Waals surface area contributed by atoms with Gasteiger partial charge in [0.25, 0.3) is 0 Å². The summed E-state index contributed by atoms with van der Waals surface area (Å²) in [5.41, 5.74) is 0.674. The molecule has 1 saturated heterocycles. The summed E-state index contributed by atoms with van der Waals surface area (Å²) in [6.45, 7) is 0.715. The molecule has 3 heterocycles.